The summed E-state index contributed by atoms with van der Waals surface area (Å²) in [5, 5.41) is 10.3. The highest BCUT2D eigenvalue weighted by molar-refractivity contribution is 5.99. The van der Waals surface area contributed by atoms with Crippen LogP contribution in [0.1, 0.15) is 23.0 Å². The largest absolute Gasteiger partial charge is 0.334 e. The summed E-state index contributed by atoms with van der Waals surface area (Å²) >= 11 is 0. The average Bonchev–Trinajstić information content (AvgIpc) is 3.25. The van der Waals surface area contributed by atoms with E-state index in [9.17, 15) is 0 Å². The number of piperazine rings is 1. The van der Waals surface area contributed by atoms with Gasteiger partial charge in [-0.1, -0.05) is 29.4 Å². The monoisotopic (exact) mass is 320 g/mol. The highest BCUT2D eigenvalue weighted by Crippen LogP contribution is 2.36. The van der Waals surface area contributed by atoms with Crippen molar-refractivity contribution in [1.29, 1.82) is 0 Å². The molecule has 0 amide bonds. The lowest BCUT2D eigenvalue weighted by Crippen LogP contribution is -2.44. The Balaban J connectivity index is 1.60. The Morgan fingerprint density at radius 2 is 2.04 bits per heavy atom. The van der Waals surface area contributed by atoms with Crippen LogP contribution in [0.2, 0.25) is 0 Å². The minimum absolute atomic E-state index is 0.174. The topological polar surface area (TPSA) is 54.2 Å². The minimum atomic E-state index is 0.174. The summed E-state index contributed by atoms with van der Waals surface area (Å²) in [6.45, 7) is 2.86. The molecule has 122 valence electrons. The number of benzene rings is 2. The van der Waals surface area contributed by atoms with Crippen LogP contribution < -0.4 is 5.32 Å². The second-order valence-electron chi connectivity index (χ2n) is 6.77. The highest BCUT2D eigenvalue weighted by atomic mass is 16.5. The van der Waals surface area contributed by atoms with Crippen molar-refractivity contribution in [3.05, 3.63) is 47.3 Å². The molecule has 1 unspecified atom stereocenters. The Morgan fingerprint density at radius 1 is 1.17 bits per heavy atom. The summed E-state index contributed by atoms with van der Waals surface area (Å²) in [6, 6.07) is 11.0. The Bertz CT molecular complexity index is 907. The SMILES string of the molecule is CN1CCNCC1c1noc(-c2ccc3c4c(cccc24)CC3)n1. The van der Waals surface area contributed by atoms with Gasteiger partial charge in [-0.25, -0.2) is 0 Å². The lowest BCUT2D eigenvalue weighted by atomic mass is 10.00. The van der Waals surface area contributed by atoms with Gasteiger partial charge in [0.1, 0.15) is 0 Å². The first-order valence-corrected chi connectivity index (χ1v) is 8.59. The molecule has 2 aliphatic rings. The van der Waals surface area contributed by atoms with Crippen molar-refractivity contribution in [2.75, 3.05) is 26.7 Å². The Labute approximate surface area is 140 Å². The van der Waals surface area contributed by atoms with Crippen LogP contribution in [0.3, 0.4) is 0 Å². The molecule has 1 aliphatic heterocycles. The fourth-order valence-electron chi connectivity index (χ4n) is 4.01. The molecular formula is C19H20N4O. The van der Waals surface area contributed by atoms with Crippen molar-refractivity contribution in [1.82, 2.24) is 20.4 Å². The van der Waals surface area contributed by atoms with Crippen LogP contribution in [0, 0.1) is 0 Å². The van der Waals surface area contributed by atoms with Crippen LogP contribution in [0.5, 0.6) is 0 Å². The van der Waals surface area contributed by atoms with Crippen LogP contribution in [-0.2, 0) is 12.8 Å². The smallest absolute Gasteiger partial charge is 0.258 e. The molecule has 1 fully saturated rings. The molecule has 0 bridgehead atoms. The van der Waals surface area contributed by atoms with E-state index in [2.05, 4.69) is 52.8 Å². The van der Waals surface area contributed by atoms with E-state index in [-0.39, 0.29) is 6.04 Å². The van der Waals surface area contributed by atoms with Gasteiger partial charge in [0.2, 0.25) is 0 Å². The van der Waals surface area contributed by atoms with E-state index in [1.807, 2.05) is 0 Å². The first-order chi connectivity index (χ1) is 11.8. The standard InChI is InChI=1S/C19H20N4O/c1-23-10-9-20-11-16(23)18-21-19(24-22-18)15-8-7-13-6-5-12-3-2-4-14(15)17(12)13/h2-4,7-8,16,20H,5-6,9-11H2,1H3. The van der Waals surface area contributed by atoms with Crippen LogP contribution in [0.4, 0.5) is 0 Å². The summed E-state index contributed by atoms with van der Waals surface area (Å²) in [4.78, 5) is 7.00. The van der Waals surface area contributed by atoms with Crippen molar-refractivity contribution in [2.24, 2.45) is 0 Å². The van der Waals surface area contributed by atoms with Gasteiger partial charge in [-0.05, 0) is 47.9 Å². The molecular weight excluding hydrogens is 300 g/mol. The number of nitrogens with one attached hydrogen (secondary N) is 1. The van der Waals surface area contributed by atoms with Crippen LogP contribution >= 0.6 is 0 Å². The molecule has 1 saturated heterocycles. The molecule has 1 atom stereocenters. The molecule has 5 heteroatoms. The summed E-state index contributed by atoms with van der Waals surface area (Å²) in [6.07, 6.45) is 2.26. The zero-order valence-electron chi connectivity index (χ0n) is 13.7. The molecule has 1 aliphatic carbocycles. The lowest BCUT2D eigenvalue weighted by Gasteiger charge is -2.30. The summed E-state index contributed by atoms with van der Waals surface area (Å²) < 4.78 is 5.64. The number of hydrogen-bond acceptors (Lipinski definition) is 5. The van der Waals surface area contributed by atoms with Crippen molar-refractivity contribution >= 4 is 10.8 Å². The number of hydrogen-bond donors (Lipinski definition) is 1. The van der Waals surface area contributed by atoms with Gasteiger partial charge < -0.3 is 9.84 Å². The van der Waals surface area contributed by atoms with Crippen LogP contribution in [-0.4, -0.2) is 41.7 Å². The molecule has 5 nitrogen and oxygen atoms in total. The Morgan fingerprint density at radius 3 is 2.92 bits per heavy atom. The van der Waals surface area contributed by atoms with E-state index in [0.717, 1.165) is 43.9 Å². The van der Waals surface area contributed by atoms with E-state index >= 15 is 0 Å². The van der Waals surface area contributed by atoms with Gasteiger partial charge in [-0.3, -0.25) is 4.90 Å². The van der Waals surface area contributed by atoms with E-state index in [1.54, 1.807) is 0 Å². The molecule has 1 aromatic heterocycles. The van der Waals surface area contributed by atoms with E-state index in [1.165, 1.54) is 21.9 Å². The molecule has 2 heterocycles. The fraction of sp³-hybridized carbons (Fsp3) is 0.368. The van der Waals surface area contributed by atoms with Gasteiger partial charge in [-0.15, -0.1) is 0 Å². The minimum Gasteiger partial charge on any atom is -0.334 e. The maximum atomic E-state index is 5.64. The van der Waals surface area contributed by atoms with E-state index < -0.39 is 0 Å². The predicted octanol–water partition coefficient (Wildman–Crippen LogP) is 2.56. The zero-order chi connectivity index (χ0) is 16.1. The van der Waals surface area contributed by atoms with Gasteiger partial charge in [0.05, 0.1) is 6.04 Å². The predicted molar refractivity (Wildman–Crippen MR) is 92.9 cm³/mol. The van der Waals surface area contributed by atoms with Gasteiger partial charge in [-0.2, -0.15) is 4.98 Å². The van der Waals surface area contributed by atoms with Gasteiger partial charge >= 0.3 is 0 Å². The second-order valence-corrected chi connectivity index (χ2v) is 6.77. The number of aromatic nitrogens is 2. The summed E-state index contributed by atoms with van der Waals surface area (Å²) in [5.41, 5.74) is 3.91. The molecule has 3 aromatic rings. The fourth-order valence-corrected chi connectivity index (χ4v) is 4.01. The van der Waals surface area contributed by atoms with Gasteiger partial charge in [0.25, 0.3) is 5.89 Å². The van der Waals surface area contributed by atoms with Gasteiger partial charge in [0.15, 0.2) is 5.82 Å². The zero-order valence-corrected chi connectivity index (χ0v) is 13.7. The van der Waals surface area contributed by atoms with Crippen molar-refractivity contribution in [3.8, 4) is 11.5 Å². The molecule has 0 saturated carbocycles. The van der Waals surface area contributed by atoms with Gasteiger partial charge in [0, 0.05) is 25.2 Å². The van der Waals surface area contributed by atoms with Crippen LogP contribution in [0.25, 0.3) is 22.2 Å². The normalized spacial score (nSPS) is 20.8. The molecule has 1 N–H and O–H groups in total. The maximum Gasteiger partial charge on any atom is 0.258 e. The van der Waals surface area contributed by atoms with Crippen molar-refractivity contribution in [2.45, 2.75) is 18.9 Å². The summed E-state index contributed by atoms with van der Waals surface area (Å²) in [5.74, 6) is 1.39. The second kappa shape index (κ2) is 5.40. The molecule has 0 radical (unpaired) electrons. The average molecular weight is 320 g/mol. The van der Waals surface area contributed by atoms with E-state index in [4.69, 9.17) is 9.51 Å². The third-order valence-electron chi connectivity index (χ3n) is 5.36. The third-order valence-corrected chi connectivity index (χ3v) is 5.36. The number of rotatable bonds is 2. The quantitative estimate of drug-likeness (QED) is 0.786. The van der Waals surface area contributed by atoms with E-state index in [0.29, 0.717) is 5.89 Å². The number of aryl methyl sites for hydroxylation is 2. The van der Waals surface area contributed by atoms with Crippen LogP contribution in [0.15, 0.2) is 34.9 Å². The number of nitrogens with zero attached hydrogens (tertiary/aromatic N) is 3. The third kappa shape index (κ3) is 2.08. The first kappa shape index (κ1) is 14.1. The van der Waals surface area contributed by atoms with Crippen molar-refractivity contribution < 1.29 is 4.52 Å². The maximum absolute atomic E-state index is 5.64. The molecule has 2 aromatic carbocycles. The Kier molecular flexibility index (Phi) is 3.18. The molecule has 5 rings (SSSR count). The highest BCUT2D eigenvalue weighted by Gasteiger charge is 2.26. The van der Waals surface area contributed by atoms with Crippen molar-refractivity contribution in [3.63, 3.8) is 0 Å². The molecule has 24 heavy (non-hydrogen) atoms. The first-order valence-electron chi connectivity index (χ1n) is 8.59. The molecule has 0 spiro atoms. The lowest BCUT2D eigenvalue weighted by molar-refractivity contribution is 0.190. The summed E-state index contributed by atoms with van der Waals surface area (Å²) in [7, 11) is 2.11. The Hall–Kier alpha value is -2.24. The number of likely N-dealkylation sites (N-methyl/N-ethyl adjacent to an activating group) is 1.